The monoisotopic (exact) mass is 880 g/mol. The number of hydrogen-bond donors (Lipinski definition) is 5. The summed E-state index contributed by atoms with van der Waals surface area (Å²) >= 11 is 0. The van der Waals surface area contributed by atoms with Crippen LogP contribution in [0.15, 0.2) is 161 Å². The summed E-state index contributed by atoms with van der Waals surface area (Å²) in [7, 11) is -14.3. The number of phenolic OH excluding ortho intramolecular Hbond substituents is 1. The molecule has 285 valence electrons. The van der Waals surface area contributed by atoms with E-state index in [1.54, 1.807) is 30.3 Å². The zero-order valence-corrected chi connectivity index (χ0v) is 39.6. The van der Waals surface area contributed by atoms with Crippen LogP contribution in [0.4, 0.5) is 39.8 Å². The largest absolute Gasteiger partial charge is 0.505 e. The van der Waals surface area contributed by atoms with Crippen molar-refractivity contribution >= 4 is 191 Å². The van der Waals surface area contributed by atoms with Crippen LogP contribution in [0, 0.1) is 0 Å². The van der Waals surface area contributed by atoms with Crippen molar-refractivity contribution in [2.75, 3.05) is 5.73 Å². The molecule has 0 aliphatic rings. The van der Waals surface area contributed by atoms with Crippen LogP contribution in [0.2, 0.25) is 0 Å². The average Bonchev–Trinajstić information content (AvgIpc) is 3.15. The van der Waals surface area contributed by atoms with Gasteiger partial charge in [0, 0.05) is 121 Å². The molecule has 0 saturated carbocycles. The molecule has 0 aliphatic heterocycles. The van der Waals surface area contributed by atoms with Gasteiger partial charge in [0.2, 0.25) is 0 Å². The van der Waals surface area contributed by atoms with Gasteiger partial charge in [0.05, 0.1) is 38.2 Å². The third-order valence-corrected chi connectivity index (χ3v) is 11.0. The van der Waals surface area contributed by atoms with E-state index in [2.05, 4.69) is 30.7 Å². The van der Waals surface area contributed by atoms with Gasteiger partial charge in [-0.3, -0.25) is 13.7 Å². The van der Waals surface area contributed by atoms with E-state index in [9.17, 15) is 44.0 Å². The summed E-state index contributed by atoms with van der Waals surface area (Å²) in [5.74, 6) is -0.641. The molecular weight excluding hydrogens is 856 g/mol. The molecule has 59 heavy (non-hydrogen) atoms. The summed E-state index contributed by atoms with van der Waals surface area (Å²) in [5.41, 5.74) is 6.54. The predicted octanol–water partition coefficient (Wildman–Crippen LogP) is 8.28. The van der Waals surface area contributed by atoms with E-state index >= 15 is 0 Å². The van der Waals surface area contributed by atoms with Gasteiger partial charge in [-0.2, -0.15) is 30.4 Å². The van der Waals surface area contributed by atoms with Crippen molar-refractivity contribution < 1.29 is 44.0 Å². The third kappa shape index (κ3) is 10.7. The van der Waals surface area contributed by atoms with Crippen LogP contribution in [0.1, 0.15) is 0 Å². The Kier molecular flexibility index (Phi) is 15.5. The minimum Gasteiger partial charge on any atom is -0.505 e. The summed E-state index contributed by atoms with van der Waals surface area (Å²) in [6.45, 7) is 0. The molecule has 6 N–H and O–H groups in total. The molecule has 0 fully saturated rings. The molecule has 7 rings (SSSR count). The number of phenols is 1. The molecule has 0 spiro atoms. The van der Waals surface area contributed by atoms with Crippen LogP contribution in [-0.2, 0) is 30.4 Å². The predicted molar refractivity (Wildman–Crippen MR) is 224 cm³/mol. The molecule has 17 nitrogen and oxygen atoms in total. The average molecular weight is 881 g/mol. The second-order valence-electron chi connectivity index (χ2n) is 12.0. The zero-order valence-electron chi connectivity index (χ0n) is 31.2. The Bertz CT molecular complexity index is 3210. The van der Waals surface area contributed by atoms with Crippen molar-refractivity contribution in [3.05, 3.63) is 115 Å². The van der Waals surface area contributed by atoms with E-state index in [4.69, 9.17) is 5.73 Å². The summed E-state index contributed by atoms with van der Waals surface area (Å²) in [5, 5.41) is 37.5. The zero-order chi connectivity index (χ0) is 40.0. The number of nitrogens with two attached hydrogens (primary N) is 1. The first-order valence-electron chi connectivity index (χ1n) is 15.9. The molecule has 0 aliphatic carbocycles. The fraction of sp³-hybridized carbons (Fsp3) is 0. The van der Waals surface area contributed by atoms with Gasteiger partial charge in [-0.1, -0.05) is 36.4 Å². The molecule has 0 amide bonds. The maximum atomic E-state index is 12.3. The molecule has 0 saturated heterocycles. The molecule has 7 aromatic carbocycles. The van der Waals surface area contributed by atoms with Crippen LogP contribution in [0.5, 0.6) is 5.75 Å². The van der Waals surface area contributed by atoms with Crippen LogP contribution in [-0.4, -0.2) is 133 Å². The van der Waals surface area contributed by atoms with E-state index < -0.39 is 56.5 Å². The molecule has 0 atom stereocenters. The normalized spacial score (nSPS) is 12.3. The molecule has 7 aromatic rings. The number of rotatable bonds is 9. The standard InChI is InChI=1S/C36H25N7O10S3.3Na/c37-21-7-6-20-16-34(56(51,52)53)35(36(44)27(20)17-21)43-42-31-13-15-33(29-19-24(55(48,49)50)9-11-26(29)31)41-40-30-12-14-32(39-38-22-4-2-1-3-5-22)28-18-23(54(45,46)47)8-10-25(28)30;;;/h1-19,44H,37H2,(H,45,46,47)(H,48,49,50)(H,51,52,53);;;. The van der Waals surface area contributed by atoms with Gasteiger partial charge in [0.1, 0.15) is 10.6 Å². The van der Waals surface area contributed by atoms with Crippen LogP contribution in [0.25, 0.3) is 32.3 Å². The topological polar surface area (TPSA) is 284 Å². The number of aromatic hydroxyl groups is 1. The summed E-state index contributed by atoms with van der Waals surface area (Å²) in [6.07, 6.45) is 0. The number of anilines is 1. The minimum absolute atomic E-state index is 0. The number of nitrogens with zero attached hydrogens (tertiary/aromatic N) is 6. The SMILES string of the molecule is Nc1ccc2cc(S(=O)(=O)O)c(N=Nc3ccc(N=Nc4ccc(N=Nc5ccccc5)c5cc(S(=O)(=O)O)ccc45)c4cc(S(=O)(=O)O)ccc34)c(O)c2c1.[Na].[Na].[Na]. The Morgan fingerprint density at radius 1 is 0.441 bits per heavy atom. The van der Waals surface area contributed by atoms with E-state index in [0.717, 1.165) is 24.3 Å². The maximum Gasteiger partial charge on any atom is 0.296 e. The smallest absolute Gasteiger partial charge is 0.296 e. The first-order chi connectivity index (χ1) is 26.5. The van der Waals surface area contributed by atoms with Gasteiger partial charge in [-0.25, -0.2) is 0 Å². The molecule has 23 heteroatoms. The second-order valence-corrected chi connectivity index (χ2v) is 16.3. The number of fused-ring (bicyclic) bond motifs is 3. The van der Waals surface area contributed by atoms with Crippen LogP contribution >= 0.6 is 0 Å². The molecule has 0 aromatic heterocycles. The van der Waals surface area contributed by atoms with Gasteiger partial charge in [0.15, 0.2) is 5.75 Å². The van der Waals surface area contributed by atoms with Crippen molar-refractivity contribution in [3.8, 4) is 5.75 Å². The van der Waals surface area contributed by atoms with Crippen molar-refractivity contribution in [1.82, 2.24) is 0 Å². The molecular formula is C36H25N7Na3O10S3. The minimum atomic E-state index is -4.93. The summed E-state index contributed by atoms with van der Waals surface area (Å²) < 4.78 is 102. The van der Waals surface area contributed by atoms with E-state index in [-0.39, 0.29) is 144 Å². The summed E-state index contributed by atoms with van der Waals surface area (Å²) in [6, 6.07) is 27.2. The molecule has 0 unspecified atom stereocenters. The Hall–Kier alpha value is -3.55. The van der Waals surface area contributed by atoms with Gasteiger partial charge in [0.25, 0.3) is 30.4 Å². The Balaban J connectivity index is 0.00000256. The molecule has 0 bridgehead atoms. The van der Waals surface area contributed by atoms with Crippen molar-refractivity contribution in [2.24, 2.45) is 30.7 Å². The molecule has 0 heterocycles. The van der Waals surface area contributed by atoms with E-state index in [0.29, 0.717) is 11.1 Å². The number of benzene rings is 7. The fourth-order valence-corrected chi connectivity index (χ4v) is 7.40. The van der Waals surface area contributed by atoms with Gasteiger partial charge >= 0.3 is 0 Å². The second kappa shape index (κ2) is 19.0. The van der Waals surface area contributed by atoms with E-state index in [1.165, 1.54) is 60.7 Å². The Morgan fingerprint density at radius 2 is 0.898 bits per heavy atom. The molecule has 3 radical (unpaired) electrons. The number of azo groups is 3. The first-order valence-corrected chi connectivity index (χ1v) is 20.2. The van der Waals surface area contributed by atoms with Crippen molar-refractivity contribution in [1.29, 1.82) is 0 Å². The Labute approximate surface area is 402 Å². The van der Waals surface area contributed by atoms with Gasteiger partial charge in [-0.15, -0.1) is 25.6 Å². The van der Waals surface area contributed by atoms with Crippen LogP contribution < -0.4 is 5.73 Å². The maximum absolute atomic E-state index is 12.3. The summed E-state index contributed by atoms with van der Waals surface area (Å²) in [4.78, 5) is -1.67. The van der Waals surface area contributed by atoms with Crippen molar-refractivity contribution in [2.45, 2.75) is 14.7 Å². The van der Waals surface area contributed by atoms with Gasteiger partial charge in [-0.05, 0) is 84.2 Å². The van der Waals surface area contributed by atoms with Crippen LogP contribution in [0.3, 0.4) is 0 Å². The Morgan fingerprint density at radius 3 is 1.37 bits per heavy atom. The third-order valence-electron chi connectivity index (χ3n) is 8.39. The quantitative estimate of drug-likeness (QED) is 0.0398. The first kappa shape index (κ1) is 48.1. The number of hydrogen-bond acceptors (Lipinski definition) is 14. The van der Waals surface area contributed by atoms with Crippen molar-refractivity contribution in [3.63, 3.8) is 0 Å². The van der Waals surface area contributed by atoms with E-state index in [1.807, 2.05) is 0 Å². The fourth-order valence-electron chi connectivity index (χ4n) is 5.73. The number of nitrogen functional groups attached to an aromatic ring is 1. The van der Waals surface area contributed by atoms with Gasteiger partial charge < -0.3 is 10.8 Å².